The van der Waals surface area contributed by atoms with E-state index in [2.05, 4.69) is 0 Å². The van der Waals surface area contributed by atoms with Gasteiger partial charge in [-0.25, -0.2) is 25.4 Å². The fraction of sp³-hybridized carbons (Fsp3) is 0.400. The van der Waals surface area contributed by atoms with E-state index >= 15 is 0 Å². The Hall–Kier alpha value is -0.740. The van der Waals surface area contributed by atoms with E-state index in [4.69, 9.17) is 0 Å². The molecule has 108 valence electrons. The van der Waals surface area contributed by atoms with Gasteiger partial charge in [0.2, 0.25) is 10.0 Å². The summed E-state index contributed by atoms with van der Waals surface area (Å²) in [6, 6.07) is 3.03. The highest BCUT2D eigenvalue weighted by Crippen LogP contribution is 2.24. The molecule has 0 unspecified atom stereocenters. The number of hydrogen-bond acceptors (Lipinski definition) is 5. The van der Waals surface area contributed by atoms with Crippen molar-refractivity contribution >= 4 is 37.5 Å². The summed E-state index contributed by atoms with van der Waals surface area (Å²) in [4.78, 5) is 0.561. The molecule has 0 bridgehead atoms. The van der Waals surface area contributed by atoms with Crippen LogP contribution in [-0.2, 0) is 20.0 Å². The highest BCUT2D eigenvalue weighted by atomic mass is 32.2. The van der Waals surface area contributed by atoms with Gasteiger partial charge in [-0.15, -0.1) is 11.3 Å². The maximum Gasteiger partial charge on any atom is 0.252 e. The lowest BCUT2D eigenvalue weighted by Gasteiger charge is -2.08. The topological polar surface area (TPSA) is 74.8 Å². The predicted octanol–water partition coefficient (Wildman–Crippen LogP) is 0.861. The Morgan fingerprint density at radius 2 is 1.58 bits per heavy atom. The molecule has 1 rings (SSSR count). The van der Waals surface area contributed by atoms with Gasteiger partial charge in [-0.2, -0.15) is 0 Å². The molecule has 19 heavy (non-hydrogen) atoms. The van der Waals surface area contributed by atoms with Crippen LogP contribution in [-0.4, -0.2) is 53.6 Å². The molecule has 0 saturated heterocycles. The van der Waals surface area contributed by atoms with Gasteiger partial charge in [-0.3, -0.25) is 0 Å². The largest absolute Gasteiger partial charge is 0.252 e. The summed E-state index contributed by atoms with van der Waals surface area (Å²) in [7, 11) is -1.16. The number of nitrogens with zero attached hydrogens (tertiary/aromatic N) is 2. The minimum absolute atomic E-state index is 0.180. The molecular formula is C10H16N2O4S3. The van der Waals surface area contributed by atoms with Crippen LogP contribution in [0.5, 0.6) is 0 Å². The van der Waals surface area contributed by atoms with Crippen LogP contribution in [0.1, 0.15) is 4.88 Å². The molecule has 0 atom stereocenters. The van der Waals surface area contributed by atoms with Crippen molar-refractivity contribution in [3.05, 3.63) is 22.4 Å². The van der Waals surface area contributed by atoms with Gasteiger partial charge in [-0.1, -0.05) is 0 Å². The van der Waals surface area contributed by atoms with E-state index in [-0.39, 0.29) is 4.21 Å². The molecule has 0 spiro atoms. The zero-order valence-electron chi connectivity index (χ0n) is 11.1. The Kier molecular flexibility index (Phi) is 4.91. The van der Waals surface area contributed by atoms with Crippen LogP contribution in [0.15, 0.2) is 21.7 Å². The monoisotopic (exact) mass is 324 g/mol. The Morgan fingerprint density at radius 1 is 1.00 bits per heavy atom. The van der Waals surface area contributed by atoms with Crippen LogP contribution in [0, 0.1) is 0 Å². The van der Waals surface area contributed by atoms with Crippen LogP contribution < -0.4 is 0 Å². The molecule has 0 N–H and O–H groups in total. The first-order chi connectivity index (χ1) is 8.57. The van der Waals surface area contributed by atoms with Gasteiger partial charge in [-0.05, 0) is 18.2 Å². The second-order valence-electron chi connectivity index (χ2n) is 4.07. The third-order valence-corrected chi connectivity index (χ3v) is 7.08. The number of rotatable bonds is 5. The highest BCUT2D eigenvalue weighted by Gasteiger charge is 2.19. The summed E-state index contributed by atoms with van der Waals surface area (Å²) in [6.07, 6.45) is 1.38. The highest BCUT2D eigenvalue weighted by molar-refractivity contribution is 7.92. The molecule has 6 nitrogen and oxygen atoms in total. The Balaban J connectivity index is 3.04. The van der Waals surface area contributed by atoms with E-state index in [1.54, 1.807) is 6.07 Å². The van der Waals surface area contributed by atoms with Gasteiger partial charge in [0.1, 0.15) is 4.21 Å². The summed E-state index contributed by atoms with van der Waals surface area (Å²) >= 11 is 1.02. The summed E-state index contributed by atoms with van der Waals surface area (Å²) in [5.74, 6) is 0. The molecule has 0 aromatic carbocycles. The molecule has 0 fully saturated rings. The van der Waals surface area contributed by atoms with Gasteiger partial charge >= 0.3 is 0 Å². The summed E-state index contributed by atoms with van der Waals surface area (Å²) in [5, 5.41) is 1.05. The van der Waals surface area contributed by atoms with Crippen molar-refractivity contribution in [2.24, 2.45) is 0 Å². The maximum atomic E-state index is 11.8. The first-order valence-electron chi connectivity index (χ1n) is 5.20. The maximum absolute atomic E-state index is 11.8. The van der Waals surface area contributed by atoms with Gasteiger partial charge in [0.15, 0.2) is 0 Å². The van der Waals surface area contributed by atoms with E-state index in [0.717, 1.165) is 25.4 Å². The van der Waals surface area contributed by atoms with Crippen molar-refractivity contribution in [3.63, 3.8) is 0 Å². The van der Waals surface area contributed by atoms with Crippen LogP contribution in [0.25, 0.3) is 6.08 Å². The quantitative estimate of drug-likeness (QED) is 0.805. The van der Waals surface area contributed by atoms with Crippen molar-refractivity contribution in [2.75, 3.05) is 28.2 Å². The second kappa shape index (κ2) is 5.71. The van der Waals surface area contributed by atoms with E-state index in [1.165, 1.54) is 40.3 Å². The van der Waals surface area contributed by atoms with Crippen molar-refractivity contribution in [3.8, 4) is 0 Å². The number of hydrogen-bond donors (Lipinski definition) is 0. The molecule has 0 saturated carbocycles. The molecule has 0 aliphatic heterocycles. The second-order valence-corrected chi connectivity index (χ2v) is 9.60. The van der Waals surface area contributed by atoms with Crippen molar-refractivity contribution in [1.82, 2.24) is 8.61 Å². The average molecular weight is 324 g/mol. The lowest BCUT2D eigenvalue weighted by atomic mass is 10.5. The first kappa shape index (κ1) is 16.3. The van der Waals surface area contributed by atoms with Gasteiger partial charge in [0, 0.05) is 38.5 Å². The minimum atomic E-state index is -3.47. The third-order valence-electron chi connectivity index (χ3n) is 2.25. The van der Waals surface area contributed by atoms with E-state index in [9.17, 15) is 16.8 Å². The third kappa shape index (κ3) is 3.86. The smallest absolute Gasteiger partial charge is 0.208 e. The molecule has 1 aromatic rings. The van der Waals surface area contributed by atoms with Crippen LogP contribution >= 0.6 is 11.3 Å². The Labute approximate surface area is 118 Å². The van der Waals surface area contributed by atoms with Crippen molar-refractivity contribution in [2.45, 2.75) is 4.21 Å². The normalized spacial score (nSPS) is 13.8. The molecule has 0 aliphatic rings. The summed E-state index contributed by atoms with van der Waals surface area (Å²) < 4.78 is 49.1. The first-order valence-corrected chi connectivity index (χ1v) is 8.96. The molecule has 0 aliphatic carbocycles. The van der Waals surface area contributed by atoms with Crippen molar-refractivity contribution in [1.29, 1.82) is 0 Å². The Morgan fingerprint density at radius 3 is 2.05 bits per heavy atom. The molecule has 0 amide bonds. The average Bonchev–Trinajstić information content (AvgIpc) is 2.75. The predicted molar refractivity (Wildman–Crippen MR) is 76.8 cm³/mol. The van der Waals surface area contributed by atoms with Gasteiger partial charge in [0.25, 0.3) is 10.0 Å². The SMILES string of the molecule is CN(C)S(=O)(=O)/C=C/c1ccc(S(=O)(=O)N(C)C)s1. The van der Waals surface area contributed by atoms with E-state index in [1.807, 2.05) is 0 Å². The molecule has 9 heteroatoms. The van der Waals surface area contributed by atoms with Crippen LogP contribution in [0.3, 0.4) is 0 Å². The van der Waals surface area contributed by atoms with E-state index in [0.29, 0.717) is 4.88 Å². The molecule has 0 radical (unpaired) electrons. The Bertz CT molecular complexity index is 669. The number of thiophene rings is 1. The fourth-order valence-electron chi connectivity index (χ4n) is 1.02. The zero-order valence-corrected chi connectivity index (χ0v) is 13.5. The van der Waals surface area contributed by atoms with Crippen LogP contribution in [0.4, 0.5) is 0 Å². The molecule has 1 heterocycles. The van der Waals surface area contributed by atoms with Gasteiger partial charge in [0.05, 0.1) is 0 Å². The van der Waals surface area contributed by atoms with Crippen molar-refractivity contribution < 1.29 is 16.8 Å². The fourth-order valence-corrected chi connectivity index (χ4v) is 4.06. The number of sulfonamides is 2. The van der Waals surface area contributed by atoms with Gasteiger partial charge < -0.3 is 0 Å². The lowest BCUT2D eigenvalue weighted by Crippen LogP contribution is -2.21. The molecular weight excluding hydrogens is 308 g/mol. The van der Waals surface area contributed by atoms with E-state index < -0.39 is 20.0 Å². The van der Waals surface area contributed by atoms with Crippen LogP contribution in [0.2, 0.25) is 0 Å². The summed E-state index contributed by atoms with van der Waals surface area (Å²) in [5.41, 5.74) is 0. The lowest BCUT2D eigenvalue weighted by molar-refractivity contribution is 0.523. The minimum Gasteiger partial charge on any atom is -0.208 e. The summed E-state index contributed by atoms with van der Waals surface area (Å²) in [6.45, 7) is 0. The zero-order chi connectivity index (χ0) is 14.8. The molecule has 1 aromatic heterocycles. The standard InChI is InChI=1S/C10H16N2O4S3/c1-11(2)18(13,14)8-7-9-5-6-10(17-9)19(15,16)12(3)4/h5-8H,1-4H3/b8-7+.